The predicted octanol–water partition coefficient (Wildman–Crippen LogP) is 2.88. The summed E-state index contributed by atoms with van der Waals surface area (Å²) in [6, 6.07) is 17.1. The number of nitrogens with one attached hydrogen (secondary N) is 1. The van der Waals surface area contributed by atoms with Gasteiger partial charge < -0.3 is 19.3 Å². The van der Waals surface area contributed by atoms with Crippen LogP contribution in [0.3, 0.4) is 0 Å². The van der Waals surface area contributed by atoms with Crippen LogP contribution >= 0.6 is 0 Å². The molecule has 1 aliphatic rings. The van der Waals surface area contributed by atoms with Gasteiger partial charge in [-0.2, -0.15) is 5.10 Å². The van der Waals surface area contributed by atoms with Crippen LogP contribution in [0.15, 0.2) is 71.8 Å². The molecular weight excluding hydrogens is 410 g/mol. The van der Waals surface area contributed by atoms with Crippen LogP contribution in [0, 0.1) is 0 Å². The highest BCUT2D eigenvalue weighted by atomic mass is 16.5. The Hall–Kier alpha value is -3.98. The summed E-state index contributed by atoms with van der Waals surface area (Å²) in [6.07, 6.45) is 3.81. The number of amides is 1. The lowest BCUT2D eigenvalue weighted by Gasteiger charge is -2.26. The molecule has 0 fully saturated rings. The number of nitrogens with zero attached hydrogens (tertiary/aromatic N) is 4. The number of carbonyl (C=O) groups excluding carboxylic acids is 1. The quantitative estimate of drug-likeness (QED) is 0.480. The fourth-order valence-electron chi connectivity index (χ4n) is 3.60. The third-order valence-electron chi connectivity index (χ3n) is 5.23. The Morgan fingerprint density at radius 1 is 1.19 bits per heavy atom. The van der Waals surface area contributed by atoms with Gasteiger partial charge in [0.25, 0.3) is 5.91 Å². The van der Waals surface area contributed by atoms with Gasteiger partial charge >= 0.3 is 0 Å². The summed E-state index contributed by atoms with van der Waals surface area (Å²) >= 11 is 0. The summed E-state index contributed by atoms with van der Waals surface area (Å²) in [6.45, 7) is 1.16. The Balaban J connectivity index is 1.14. The number of carbonyl (C=O) groups is 1. The minimum absolute atomic E-state index is 0.155. The number of rotatable bonds is 7. The molecule has 162 valence electrons. The second-order valence-corrected chi connectivity index (χ2v) is 7.32. The number of fused-ring (bicyclic) bond motifs is 1. The molecule has 9 nitrogen and oxygen atoms in total. The van der Waals surface area contributed by atoms with E-state index in [1.54, 1.807) is 17.1 Å². The average molecular weight is 431 g/mol. The second kappa shape index (κ2) is 9.03. The third kappa shape index (κ3) is 4.37. The lowest BCUT2D eigenvalue weighted by Crippen LogP contribution is -2.32. The molecule has 0 unspecified atom stereocenters. The fraction of sp³-hybridized carbons (Fsp3) is 0.217. The first-order valence-electron chi connectivity index (χ1n) is 10.3. The van der Waals surface area contributed by atoms with Gasteiger partial charge in [-0.05, 0) is 41.8 Å². The van der Waals surface area contributed by atoms with E-state index >= 15 is 0 Å². The van der Waals surface area contributed by atoms with E-state index < -0.39 is 0 Å². The molecule has 0 saturated carbocycles. The number of aromatic nitrogens is 4. The first kappa shape index (κ1) is 20.0. The van der Waals surface area contributed by atoms with E-state index in [0.717, 1.165) is 17.7 Å². The minimum Gasteiger partial charge on any atom is -0.486 e. The molecule has 2 aromatic carbocycles. The van der Waals surface area contributed by atoms with Crippen molar-refractivity contribution in [1.82, 2.24) is 25.2 Å². The highest BCUT2D eigenvalue weighted by molar-refractivity contribution is 5.92. The van der Waals surface area contributed by atoms with Crippen LogP contribution in [-0.4, -0.2) is 39.0 Å². The van der Waals surface area contributed by atoms with Crippen molar-refractivity contribution in [2.24, 2.45) is 0 Å². The standard InChI is InChI=1S/C23H21N5O4/c29-23(25-12-22-20-4-2-1-3-16(20)9-10-30-22)21-11-19(32-27-21)13-31-18-7-5-17(6-8-18)28-15-24-14-26-28/h1-8,11,14-15,22H,9-10,12-13H2,(H,25,29)/t22-/m0/s1. The number of ether oxygens (including phenoxy) is 2. The van der Waals surface area contributed by atoms with Crippen molar-refractivity contribution in [3.8, 4) is 11.4 Å². The molecule has 2 aromatic heterocycles. The van der Waals surface area contributed by atoms with E-state index in [2.05, 4.69) is 26.6 Å². The average Bonchev–Trinajstić information content (AvgIpc) is 3.54. The molecule has 0 aliphatic carbocycles. The molecule has 5 rings (SSSR count). The number of hydrogen-bond acceptors (Lipinski definition) is 7. The van der Waals surface area contributed by atoms with E-state index in [1.165, 1.54) is 11.9 Å². The van der Waals surface area contributed by atoms with E-state index in [9.17, 15) is 4.79 Å². The van der Waals surface area contributed by atoms with Gasteiger partial charge in [0.1, 0.15) is 31.1 Å². The maximum Gasteiger partial charge on any atom is 0.273 e. The van der Waals surface area contributed by atoms with Crippen molar-refractivity contribution in [3.05, 3.63) is 89.8 Å². The zero-order valence-corrected chi connectivity index (χ0v) is 17.2. The molecular formula is C23H21N5O4. The van der Waals surface area contributed by atoms with Crippen LogP contribution in [0.25, 0.3) is 5.69 Å². The van der Waals surface area contributed by atoms with Crippen molar-refractivity contribution in [2.75, 3.05) is 13.2 Å². The molecule has 1 aliphatic heterocycles. The third-order valence-corrected chi connectivity index (χ3v) is 5.23. The number of hydrogen-bond donors (Lipinski definition) is 1. The molecule has 4 aromatic rings. The Labute approximate surface area is 184 Å². The van der Waals surface area contributed by atoms with Crippen LogP contribution in [0.2, 0.25) is 0 Å². The molecule has 0 bridgehead atoms. The van der Waals surface area contributed by atoms with Crippen LogP contribution < -0.4 is 10.1 Å². The Morgan fingerprint density at radius 2 is 2.06 bits per heavy atom. The zero-order valence-electron chi connectivity index (χ0n) is 17.2. The molecule has 3 heterocycles. The van der Waals surface area contributed by atoms with Gasteiger partial charge in [0.05, 0.1) is 12.3 Å². The molecule has 1 N–H and O–H groups in total. The van der Waals surface area contributed by atoms with Gasteiger partial charge in [0.2, 0.25) is 0 Å². The topological polar surface area (TPSA) is 104 Å². The first-order valence-corrected chi connectivity index (χ1v) is 10.3. The maximum atomic E-state index is 12.5. The van der Waals surface area contributed by atoms with Gasteiger partial charge in [0, 0.05) is 12.6 Å². The Kier molecular flexibility index (Phi) is 5.63. The van der Waals surface area contributed by atoms with Gasteiger partial charge in [-0.25, -0.2) is 9.67 Å². The zero-order chi connectivity index (χ0) is 21.8. The molecule has 9 heteroatoms. The molecule has 0 spiro atoms. The van der Waals surface area contributed by atoms with Gasteiger partial charge in [0.15, 0.2) is 11.5 Å². The van der Waals surface area contributed by atoms with E-state index in [4.69, 9.17) is 14.0 Å². The van der Waals surface area contributed by atoms with Gasteiger partial charge in [-0.3, -0.25) is 4.79 Å². The lowest BCUT2D eigenvalue weighted by atomic mass is 9.97. The first-order chi connectivity index (χ1) is 15.8. The largest absolute Gasteiger partial charge is 0.486 e. The predicted molar refractivity (Wildman–Crippen MR) is 113 cm³/mol. The normalized spacial score (nSPS) is 15.2. The summed E-state index contributed by atoms with van der Waals surface area (Å²) in [7, 11) is 0. The summed E-state index contributed by atoms with van der Waals surface area (Å²) in [5.41, 5.74) is 3.45. The molecule has 1 atom stereocenters. The second-order valence-electron chi connectivity index (χ2n) is 7.32. The summed E-state index contributed by atoms with van der Waals surface area (Å²) in [4.78, 5) is 16.4. The minimum atomic E-state index is -0.316. The Bertz CT molecular complexity index is 1190. The summed E-state index contributed by atoms with van der Waals surface area (Å²) in [5, 5.41) is 10.8. The SMILES string of the molecule is O=C(NC[C@@H]1OCCc2ccccc21)c1cc(COc2ccc(-n3cncn3)cc2)on1. The molecule has 0 radical (unpaired) electrons. The van der Waals surface area contributed by atoms with Crippen LogP contribution in [-0.2, 0) is 17.8 Å². The van der Waals surface area contributed by atoms with Gasteiger partial charge in [-0.1, -0.05) is 29.4 Å². The fourth-order valence-corrected chi connectivity index (χ4v) is 3.60. The Morgan fingerprint density at radius 3 is 2.91 bits per heavy atom. The van der Waals surface area contributed by atoms with Gasteiger partial charge in [-0.15, -0.1) is 0 Å². The van der Waals surface area contributed by atoms with E-state index in [0.29, 0.717) is 24.7 Å². The smallest absolute Gasteiger partial charge is 0.273 e. The van der Waals surface area contributed by atoms with Crippen molar-refractivity contribution in [3.63, 3.8) is 0 Å². The van der Waals surface area contributed by atoms with Crippen molar-refractivity contribution in [1.29, 1.82) is 0 Å². The summed E-state index contributed by atoms with van der Waals surface area (Å²) < 4.78 is 18.5. The van der Waals surface area contributed by atoms with Crippen molar-refractivity contribution < 1.29 is 18.8 Å². The number of benzene rings is 2. The highest BCUT2D eigenvalue weighted by Gasteiger charge is 2.22. The van der Waals surface area contributed by atoms with Crippen LogP contribution in [0.4, 0.5) is 0 Å². The summed E-state index contributed by atoms with van der Waals surface area (Å²) in [5.74, 6) is 0.794. The van der Waals surface area contributed by atoms with Crippen LogP contribution in [0.1, 0.15) is 33.5 Å². The van der Waals surface area contributed by atoms with Crippen molar-refractivity contribution >= 4 is 5.91 Å². The van der Waals surface area contributed by atoms with E-state index in [-0.39, 0.29) is 24.3 Å². The molecule has 0 saturated heterocycles. The van der Waals surface area contributed by atoms with E-state index in [1.807, 2.05) is 42.5 Å². The van der Waals surface area contributed by atoms with Crippen LogP contribution in [0.5, 0.6) is 5.75 Å². The van der Waals surface area contributed by atoms with Crippen molar-refractivity contribution in [2.45, 2.75) is 19.1 Å². The maximum absolute atomic E-state index is 12.5. The monoisotopic (exact) mass is 431 g/mol. The molecule has 1 amide bonds. The highest BCUT2D eigenvalue weighted by Crippen LogP contribution is 2.26. The lowest BCUT2D eigenvalue weighted by molar-refractivity contribution is 0.0410. The molecule has 32 heavy (non-hydrogen) atoms.